The number of aryl methyl sites for hydroxylation is 2. The van der Waals surface area contributed by atoms with Crippen molar-refractivity contribution in [1.29, 1.82) is 0 Å². The van der Waals surface area contributed by atoms with Gasteiger partial charge in [-0.05, 0) is 48.9 Å². The third-order valence-electron chi connectivity index (χ3n) is 5.55. The van der Waals surface area contributed by atoms with Crippen molar-refractivity contribution in [3.8, 4) is 17.0 Å². The van der Waals surface area contributed by atoms with Crippen LogP contribution in [-0.2, 0) is 12.8 Å². The molecule has 1 fully saturated rings. The molecule has 1 aromatic carbocycles. The van der Waals surface area contributed by atoms with Crippen LogP contribution in [0.25, 0.3) is 11.1 Å². The summed E-state index contributed by atoms with van der Waals surface area (Å²) in [5.41, 5.74) is 6.57. The zero-order valence-corrected chi connectivity index (χ0v) is 15.9. The largest absolute Gasteiger partial charge is 0.481 e. The van der Waals surface area contributed by atoms with E-state index in [2.05, 4.69) is 52.8 Å². The molecule has 1 aliphatic carbocycles. The van der Waals surface area contributed by atoms with Gasteiger partial charge >= 0.3 is 0 Å². The Balaban J connectivity index is 1.55. The second kappa shape index (κ2) is 7.38. The number of fused-ring (bicyclic) bond motifs is 1. The molecule has 4 rings (SSSR count). The first-order valence-electron chi connectivity index (χ1n) is 9.20. The SMILES string of the molecule is COc1ccc(-c2ccc3c(c2)CCC(N2CCSCC2)C3)c(C)n1. The van der Waals surface area contributed by atoms with Gasteiger partial charge in [-0.15, -0.1) is 0 Å². The van der Waals surface area contributed by atoms with Gasteiger partial charge in [-0.3, -0.25) is 4.90 Å². The predicted molar refractivity (Wildman–Crippen MR) is 106 cm³/mol. The Kier molecular flexibility index (Phi) is 5.00. The van der Waals surface area contributed by atoms with Gasteiger partial charge in [-0.1, -0.05) is 18.2 Å². The number of pyridine rings is 1. The number of ether oxygens (including phenoxy) is 1. The molecule has 0 spiro atoms. The maximum absolute atomic E-state index is 5.23. The van der Waals surface area contributed by atoms with E-state index in [1.165, 1.54) is 66.1 Å². The molecule has 1 atom stereocenters. The molecule has 2 aliphatic rings. The van der Waals surface area contributed by atoms with Crippen LogP contribution >= 0.6 is 11.8 Å². The lowest BCUT2D eigenvalue weighted by Gasteiger charge is -2.37. The van der Waals surface area contributed by atoms with Gasteiger partial charge in [0.05, 0.1) is 7.11 Å². The molecule has 0 radical (unpaired) electrons. The molecule has 0 saturated carbocycles. The molecule has 0 amide bonds. The van der Waals surface area contributed by atoms with Gasteiger partial charge in [0.1, 0.15) is 0 Å². The van der Waals surface area contributed by atoms with Crippen molar-refractivity contribution >= 4 is 11.8 Å². The van der Waals surface area contributed by atoms with Crippen LogP contribution in [0.4, 0.5) is 0 Å². The lowest BCUT2D eigenvalue weighted by Crippen LogP contribution is -2.43. The van der Waals surface area contributed by atoms with Gasteiger partial charge < -0.3 is 4.74 Å². The number of aromatic nitrogens is 1. The third kappa shape index (κ3) is 3.56. The molecule has 1 aromatic heterocycles. The minimum Gasteiger partial charge on any atom is -0.481 e. The first-order valence-corrected chi connectivity index (χ1v) is 10.4. The molecule has 0 N–H and O–H groups in total. The lowest BCUT2D eigenvalue weighted by molar-refractivity contribution is 0.198. The van der Waals surface area contributed by atoms with E-state index >= 15 is 0 Å². The highest BCUT2D eigenvalue weighted by atomic mass is 32.2. The number of methoxy groups -OCH3 is 1. The van der Waals surface area contributed by atoms with Gasteiger partial charge in [0.15, 0.2) is 0 Å². The Hall–Kier alpha value is -1.52. The van der Waals surface area contributed by atoms with Crippen molar-refractivity contribution in [3.63, 3.8) is 0 Å². The average Bonchev–Trinajstić information content (AvgIpc) is 2.67. The number of thioether (sulfide) groups is 1. The fourth-order valence-electron chi connectivity index (χ4n) is 4.11. The zero-order chi connectivity index (χ0) is 17.2. The molecule has 2 heterocycles. The second-order valence-corrected chi connectivity index (χ2v) is 8.24. The third-order valence-corrected chi connectivity index (χ3v) is 6.49. The number of benzene rings is 1. The van der Waals surface area contributed by atoms with E-state index in [-0.39, 0.29) is 0 Å². The highest BCUT2D eigenvalue weighted by Gasteiger charge is 2.25. The molecule has 1 aliphatic heterocycles. The van der Waals surface area contributed by atoms with E-state index in [1.54, 1.807) is 7.11 Å². The molecule has 0 bridgehead atoms. The highest BCUT2D eigenvalue weighted by molar-refractivity contribution is 7.99. The molecule has 1 saturated heterocycles. The van der Waals surface area contributed by atoms with Crippen LogP contribution < -0.4 is 4.74 Å². The second-order valence-electron chi connectivity index (χ2n) is 7.02. The summed E-state index contributed by atoms with van der Waals surface area (Å²) in [5, 5.41) is 0. The van der Waals surface area contributed by atoms with Crippen molar-refractivity contribution in [3.05, 3.63) is 47.2 Å². The maximum Gasteiger partial charge on any atom is 0.213 e. The minimum atomic E-state index is 0.682. The van der Waals surface area contributed by atoms with Gasteiger partial charge in [-0.25, -0.2) is 4.98 Å². The van der Waals surface area contributed by atoms with Crippen molar-refractivity contribution < 1.29 is 4.74 Å². The van der Waals surface area contributed by atoms with Gasteiger partial charge in [0.25, 0.3) is 0 Å². The van der Waals surface area contributed by atoms with E-state index < -0.39 is 0 Å². The lowest BCUT2D eigenvalue weighted by atomic mass is 9.85. The van der Waals surface area contributed by atoms with Crippen LogP contribution in [0, 0.1) is 6.92 Å². The van der Waals surface area contributed by atoms with Crippen LogP contribution in [0.3, 0.4) is 0 Å². The summed E-state index contributed by atoms with van der Waals surface area (Å²) in [6.45, 7) is 4.58. The summed E-state index contributed by atoms with van der Waals surface area (Å²) in [4.78, 5) is 7.24. The molecule has 4 heteroatoms. The van der Waals surface area contributed by atoms with Crippen molar-refractivity contribution in [1.82, 2.24) is 9.88 Å². The summed E-state index contributed by atoms with van der Waals surface area (Å²) in [6.07, 6.45) is 3.70. The molecular formula is C21H26N2OS. The molecule has 1 unspecified atom stereocenters. The standard InChI is InChI=1S/C21H26N2OS/c1-15-20(7-8-21(22-15)24-2)18-4-3-17-14-19(6-5-16(17)13-18)23-9-11-25-12-10-23/h3-4,7-8,13,19H,5-6,9-12,14H2,1-2H3. The summed E-state index contributed by atoms with van der Waals surface area (Å²) >= 11 is 2.10. The molecule has 25 heavy (non-hydrogen) atoms. The van der Waals surface area contributed by atoms with Crippen molar-refractivity contribution in [2.24, 2.45) is 0 Å². The molecular weight excluding hydrogens is 328 g/mol. The molecule has 132 valence electrons. The monoisotopic (exact) mass is 354 g/mol. The maximum atomic E-state index is 5.23. The number of hydrogen-bond donors (Lipinski definition) is 0. The molecule has 2 aromatic rings. The summed E-state index contributed by atoms with van der Waals surface area (Å²) in [6, 6.07) is 11.8. The Morgan fingerprint density at radius 2 is 1.96 bits per heavy atom. The van der Waals surface area contributed by atoms with E-state index in [1.807, 2.05) is 6.07 Å². The van der Waals surface area contributed by atoms with Gasteiger partial charge in [0, 0.05) is 48.0 Å². The summed E-state index contributed by atoms with van der Waals surface area (Å²) < 4.78 is 5.23. The van der Waals surface area contributed by atoms with Crippen molar-refractivity contribution in [2.75, 3.05) is 31.7 Å². The van der Waals surface area contributed by atoms with E-state index in [0.717, 1.165) is 11.7 Å². The summed E-state index contributed by atoms with van der Waals surface area (Å²) in [7, 11) is 1.66. The zero-order valence-electron chi connectivity index (χ0n) is 15.1. The van der Waals surface area contributed by atoms with Crippen LogP contribution in [0.15, 0.2) is 30.3 Å². The fourth-order valence-corrected chi connectivity index (χ4v) is 5.05. The quantitative estimate of drug-likeness (QED) is 0.833. The van der Waals surface area contributed by atoms with Crippen LogP contribution in [0.1, 0.15) is 23.2 Å². The van der Waals surface area contributed by atoms with E-state index in [0.29, 0.717) is 5.88 Å². The Bertz CT molecular complexity index is 756. The first-order chi connectivity index (χ1) is 12.2. The first kappa shape index (κ1) is 16.9. The van der Waals surface area contributed by atoms with E-state index in [9.17, 15) is 0 Å². The Morgan fingerprint density at radius 1 is 1.12 bits per heavy atom. The topological polar surface area (TPSA) is 25.4 Å². The fraction of sp³-hybridized carbons (Fsp3) is 0.476. The number of hydrogen-bond acceptors (Lipinski definition) is 4. The number of nitrogens with zero attached hydrogens (tertiary/aromatic N) is 2. The minimum absolute atomic E-state index is 0.682. The Labute approximate surface area is 154 Å². The Morgan fingerprint density at radius 3 is 2.72 bits per heavy atom. The molecule has 3 nitrogen and oxygen atoms in total. The van der Waals surface area contributed by atoms with Gasteiger partial charge in [-0.2, -0.15) is 11.8 Å². The van der Waals surface area contributed by atoms with Crippen LogP contribution in [0.5, 0.6) is 5.88 Å². The van der Waals surface area contributed by atoms with Crippen molar-refractivity contribution in [2.45, 2.75) is 32.2 Å². The highest BCUT2D eigenvalue weighted by Crippen LogP contribution is 2.31. The predicted octanol–water partition coefficient (Wildman–Crippen LogP) is 3.97. The smallest absolute Gasteiger partial charge is 0.213 e. The number of rotatable bonds is 3. The van der Waals surface area contributed by atoms with E-state index in [4.69, 9.17) is 4.74 Å². The normalized spacial score (nSPS) is 21.0. The van der Waals surface area contributed by atoms with Gasteiger partial charge in [0.2, 0.25) is 5.88 Å². The average molecular weight is 355 g/mol. The summed E-state index contributed by atoms with van der Waals surface area (Å²) in [5.74, 6) is 3.28. The van der Waals surface area contributed by atoms with Crippen LogP contribution in [-0.4, -0.2) is 47.6 Å². The van der Waals surface area contributed by atoms with Crippen LogP contribution in [0.2, 0.25) is 0 Å².